The molecule has 0 aromatic carbocycles. The first-order valence-electron chi connectivity index (χ1n) is 7.93. The Kier molecular flexibility index (Phi) is 4.22. The lowest BCUT2D eigenvalue weighted by Gasteiger charge is -2.43. The summed E-state index contributed by atoms with van der Waals surface area (Å²) in [7, 11) is 0. The van der Waals surface area contributed by atoms with Crippen molar-refractivity contribution in [2.24, 2.45) is 17.6 Å². The number of nitrogens with zero attached hydrogens (tertiary/aromatic N) is 1. The first-order chi connectivity index (χ1) is 10.2. The summed E-state index contributed by atoms with van der Waals surface area (Å²) < 4.78 is 0. The van der Waals surface area contributed by atoms with Crippen molar-refractivity contribution < 1.29 is 4.79 Å². The predicted octanol–water partition coefficient (Wildman–Crippen LogP) is 1.11. The molecule has 4 unspecified atom stereocenters. The van der Waals surface area contributed by atoms with Gasteiger partial charge < -0.3 is 5.73 Å². The van der Waals surface area contributed by atoms with Crippen LogP contribution in [0.3, 0.4) is 0 Å². The molecule has 2 heterocycles. The van der Waals surface area contributed by atoms with Gasteiger partial charge in [0.15, 0.2) is 0 Å². The highest BCUT2D eigenvalue weighted by Gasteiger charge is 2.42. The number of nitrogens with two attached hydrogens (primary N) is 1. The number of fused-ring (bicyclic) bond motifs is 1. The SMILES string of the molecule is CCc1ccc(C2CCC3C(=O)NNC(CN)C3C2)cn1. The van der Waals surface area contributed by atoms with Crippen molar-refractivity contribution in [1.82, 2.24) is 15.8 Å². The van der Waals surface area contributed by atoms with Gasteiger partial charge in [-0.15, -0.1) is 0 Å². The summed E-state index contributed by atoms with van der Waals surface area (Å²) in [6.07, 6.45) is 5.99. The molecule has 5 heteroatoms. The van der Waals surface area contributed by atoms with Gasteiger partial charge in [0.2, 0.25) is 5.91 Å². The van der Waals surface area contributed by atoms with E-state index < -0.39 is 0 Å². The molecule has 5 nitrogen and oxygen atoms in total. The number of aromatic nitrogens is 1. The van der Waals surface area contributed by atoms with E-state index in [9.17, 15) is 4.79 Å². The molecule has 4 atom stereocenters. The average molecular weight is 288 g/mol. The summed E-state index contributed by atoms with van der Waals surface area (Å²) in [6.45, 7) is 2.67. The van der Waals surface area contributed by atoms with Crippen LogP contribution in [0.15, 0.2) is 18.3 Å². The Hall–Kier alpha value is -1.46. The monoisotopic (exact) mass is 288 g/mol. The highest BCUT2D eigenvalue weighted by molar-refractivity contribution is 5.79. The average Bonchev–Trinajstić information content (AvgIpc) is 2.55. The van der Waals surface area contributed by atoms with Crippen molar-refractivity contribution in [3.05, 3.63) is 29.6 Å². The second-order valence-corrected chi connectivity index (χ2v) is 6.19. The van der Waals surface area contributed by atoms with E-state index in [1.807, 2.05) is 6.20 Å². The summed E-state index contributed by atoms with van der Waals surface area (Å²) in [5.41, 5.74) is 14.1. The molecule has 21 heavy (non-hydrogen) atoms. The molecule has 3 rings (SSSR count). The van der Waals surface area contributed by atoms with Crippen molar-refractivity contribution in [2.75, 3.05) is 6.54 Å². The maximum Gasteiger partial charge on any atom is 0.237 e. The zero-order valence-corrected chi connectivity index (χ0v) is 12.5. The highest BCUT2D eigenvalue weighted by Crippen LogP contribution is 2.41. The Morgan fingerprint density at radius 3 is 2.90 bits per heavy atom. The van der Waals surface area contributed by atoms with E-state index in [1.165, 1.54) is 5.56 Å². The van der Waals surface area contributed by atoms with E-state index in [-0.39, 0.29) is 17.9 Å². The molecule has 1 aliphatic heterocycles. The lowest BCUT2D eigenvalue weighted by atomic mass is 9.68. The topological polar surface area (TPSA) is 80.0 Å². The number of nitrogens with one attached hydrogen (secondary N) is 2. The third-order valence-electron chi connectivity index (χ3n) is 5.07. The molecule has 0 spiro atoms. The number of aryl methyl sites for hydroxylation is 1. The predicted molar refractivity (Wildman–Crippen MR) is 81.3 cm³/mol. The molecule has 1 aromatic rings. The molecule has 2 aliphatic rings. The van der Waals surface area contributed by atoms with Gasteiger partial charge in [0, 0.05) is 30.4 Å². The minimum atomic E-state index is 0.110. The summed E-state index contributed by atoms with van der Waals surface area (Å²) in [4.78, 5) is 16.5. The Labute approximate surface area is 125 Å². The number of rotatable bonds is 3. The van der Waals surface area contributed by atoms with Crippen LogP contribution in [-0.4, -0.2) is 23.5 Å². The molecular weight excluding hydrogens is 264 g/mol. The zero-order valence-electron chi connectivity index (χ0n) is 12.5. The molecule has 114 valence electrons. The van der Waals surface area contributed by atoms with E-state index in [0.29, 0.717) is 18.4 Å². The van der Waals surface area contributed by atoms with Crippen LogP contribution in [0.1, 0.15) is 43.4 Å². The molecule has 0 radical (unpaired) electrons. The van der Waals surface area contributed by atoms with Gasteiger partial charge >= 0.3 is 0 Å². The van der Waals surface area contributed by atoms with Gasteiger partial charge in [-0.05, 0) is 49.1 Å². The maximum atomic E-state index is 12.0. The minimum Gasteiger partial charge on any atom is -0.329 e. The van der Waals surface area contributed by atoms with E-state index in [1.54, 1.807) is 0 Å². The smallest absolute Gasteiger partial charge is 0.237 e. The number of amides is 1. The van der Waals surface area contributed by atoms with Gasteiger partial charge in [0.25, 0.3) is 0 Å². The number of carbonyl (C=O) groups excluding carboxylic acids is 1. The Bertz CT molecular complexity index is 502. The Morgan fingerprint density at radius 1 is 1.38 bits per heavy atom. The molecular formula is C16H24N4O. The van der Waals surface area contributed by atoms with Crippen LogP contribution in [0.2, 0.25) is 0 Å². The second kappa shape index (κ2) is 6.12. The molecule has 4 N–H and O–H groups in total. The van der Waals surface area contributed by atoms with Crippen LogP contribution in [-0.2, 0) is 11.2 Å². The van der Waals surface area contributed by atoms with Crippen LogP contribution >= 0.6 is 0 Å². The van der Waals surface area contributed by atoms with Gasteiger partial charge in [0.05, 0.1) is 0 Å². The van der Waals surface area contributed by atoms with Crippen molar-refractivity contribution in [3.8, 4) is 0 Å². The highest BCUT2D eigenvalue weighted by atomic mass is 16.2. The summed E-state index contributed by atoms with van der Waals surface area (Å²) in [5, 5.41) is 0. The number of hydrazine groups is 1. The van der Waals surface area contributed by atoms with E-state index in [0.717, 1.165) is 31.4 Å². The molecule has 2 fully saturated rings. The lowest BCUT2D eigenvalue weighted by Crippen LogP contribution is -2.62. The van der Waals surface area contributed by atoms with Crippen molar-refractivity contribution >= 4 is 5.91 Å². The van der Waals surface area contributed by atoms with E-state index >= 15 is 0 Å². The van der Waals surface area contributed by atoms with Gasteiger partial charge in [-0.3, -0.25) is 15.2 Å². The Balaban J connectivity index is 1.76. The number of pyridine rings is 1. The van der Waals surface area contributed by atoms with Crippen LogP contribution in [0, 0.1) is 11.8 Å². The summed E-state index contributed by atoms with van der Waals surface area (Å²) >= 11 is 0. The maximum absolute atomic E-state index is 12.0. The number of hydrogen-bond donors (Lipinski definition) is 3. The van der Waals surface area contributed by atoms with Crippen molar-refractivity contribution in [1.29, 1.82) is 0 Å². The fourth-order valence-electron chi connectivity index (χ4n) is 3.76. The fraction of sp³-hybridized carbons (Fsp3) is 0.625. The van der Waals surface area contributed by atoms with Gasteiger partial charge in [-0.1, -0.05) is 13.0 Å². The van der Waals surface area contributed by atoms with Gasteiger partial charge in [0.1, 0.15) is 0 Å². The zero-order chi connectivity index (χ0) is 14.8. The first kappa shape index (κ1) is 14.5. The third-order valence-corrected chi connectivity index (χ3v) is 5.07. The first-order valence-corrected chi connectivity index (χ1v) is 7.93. The van der Waals surface area contributed by atoms with Crippen LogP contribution < -0.4 is 16.6 Å². The van der Waals surface area contributed by atoms with Crippen LogP contribution in [0.5, 0.6) is 0 Å². The minimum absolute atomic E-state index is 0.110. The van der Waals surface area contributed by atoms with Crippen molar-refractivity contribution in [3.63, 3.8) is 0 Å². The molecule has 1 aliphatic carbocycles. The largest absolute Gasteiger partial charge is 0.329 e. The van der Waals surface area contributed by atoms with Crippen LogP contribution in [0.25, 0.3) is 0 Å². The van der Waals surface area contributed by atoms with E-state index in [4.69, 9.17) is 5.73 Å². The quantitative estimate of drug-likeness (QED) is 0.778. The molecule has 1 amide bonds. The number of carbonyl (C=O) groups is 1. The Morgan fingerprint density at radius 2 is 2.24 bits per heavy atom. The molecule has 1 aromatic heterocycles. The lowest BCUT2D eigenvalue weighted by molar-refractivity contribution is -0.133. The molecule has 0 bridgehead atoms. The molecule has 1 saturated carbocycles. The summed E-state index contributed by atoms with van der Waals surface area (Å²) in [5.74, 6) is 1.06. The molecule has 1 saturated heterocycles. The van der Waals surface area contributed by atoms with Crippen molar-refractivity contribution in [2.45, 2.75) is 44.6 Å². The summed E-state index contributed by atoms with van der Waals surface area (Å²) in [6, 6.07) is 4.50. The number of hydrogen-bond acceptors (Lipinski definition) is 4. The fourth-order valence-corrected chi connectivity index (χ4v) is 3.76. The van der Waals surface area contributed by atoms with Crippen LogP contribution in [0.4, 0.5) is 0 Å². The second-order valence-electron chi connectivity index (χ2n) is 6.19. The van der Waals surface area contributed by atoms with E-state index in [2.05, 4.69) is 34.9 Å². The standard InChI is InChI=1S/C16H24N4O/c1-2-12-5-3-11(9-18-12)10-4-6-13-14(7-10)15(8-17)19-20-16(13)21/h3,5,9-10,13-15,19H,2,4,6-8,17H2,1H3,(H,20,21). The normalized spacial score (nSPS) is 32.4. The van der Waals surface area contributed by atoms with Gasteiger partial charge in [-0.2, -0.15) is 0 Å². The van der Waals surface area contributed by atoms with Gasteiger partial charge in [-0.25, -0.2) is 5.43 Å². The third kappa shape index (κ3) is 2.80.